The number of hydrogen-bond acceptors (Lipinski definition) is 3. The molecule has 0 saturated carbocycles. The highest BCUT2D eigenvalue weighted by Gasteiger charge is 2.40. The number of sulfonamides is 1. The molecule has 0 aromatic heterocycles. The molecule has 1 saturated heterocycles. The summed E-state index contributed by atoms with van der Waals surface area (Å²) in [6.45, 7) is 3.11. The molecule has 1 heterocycles. The molecule has 3 rings (SSSR count). The van der Waals surface area contributed by atoms with Gasteiger partial charge in [0.05, 0.1) is 5.02 Å². The molecule has 2 aromatic carbocycles. The first-order valence-electron chi connectivity index (χ1n) is 7.95. The summed E-state index contributed by atoms with van der Waals surface area (Å²) < 4.78 is 27.6. The molecule has 0 spiro atoms. The van der Waals surface area contributed by atoms with Gasteiger partial charge in [-0.2, -0.15) is 4.31 Å². The highest BCUT2D eigenvalue weighted by Crippen LogP contribution is 2.36. The molecule has 2 atom stereocenters. The average molecular weight is 365 g/mol. The van der Waals surface area contributed by atoms with Gasteiger partial charge in [0.1, 0.15) is 4.90 Å². The molecular weight excluding hydrogens is 344 g/mol. The van der Waals surface area contributed by atoms with Crippen LogP contribution in [0.1, 0.15) is 17.0 Å². The van der Waals surface area contributed by atoms with Gasteiger partial charge < -0.3 is 5.73 Å². The van der Waals surface area contributed by atoms with Crippen LogP contribution in [0.4, 0.5) is 0 Å². The first-order chi connectivity index (χ1) is 11.4. The van der Waals surface area contributed by atoms with Crippen molar-refractivity contribution in [1.29, 1.82) is 0 Å². The topological polar surface area (TPSA) is 63.4 Å². The molecule has 1 fully saturated rings. The third-order valence-electron chi connectivity index (χ3n) is 4.71. The van der Waals surface area contributed by atoms with Gasteiger partial charge in [0.25, 0.3) is 0 Å². The first-order valence-corrected chi connectivity index (χ1v) is 9.77. The lowest BCUT2D eigenvalue weighted by atomic mass is 9.89. The van der Waals surface area contributed by atoms with Crippen molar-refractivity contribution in [1.82, 2.24) is 4.31 Å². The maximum absolute atomic E-state index is 13.0. The largest absolute Gasteiger partial charge is 0.330 e. The fourth-order valence-electron chi connectivity index (χ4n) is 3.30. The summed E-state index contributed by atoms with van der Waals surface area (Å²) in [5.74, 6) is 0.209. The SMILES string of the molecule is Cc1cccc(S(=O)(=O)N2C[C@@H](CN)[C@H](c3ccccc3)C2)c1Cl. The predicted octanol–water partition coefficient (Wildman–Crippen LogP) is 3.01. The quantitative estimate of drug-likeness (QED) is 0.907. The van der Waals surface area contributed by atoms with Crippen molar-refractivity contribution in [2.45, 2.75) is 17.7 Å². The number of aryl methyl sites for hydroxylation is 1. The number of nitrogens with two attached hydrogens (primary N) is 1. The Morgan fingerprint density at radius 3 is 2.50 bits per heavy atom. The first kappa shape index (κ1) is 17.4. The molecular formula is C18H21ClN2O2S. The predicted molar refractivity (Wildman–Crippen MR) is 96.7 cm³/mol. The molecule has 0 unspecified atom stereocenters. The van der Waals surface area contributed by atoms with Gasteiger partial charge in [0, 0.05) is 19.0 Å². The van der Waals surface area contributed by atoms with E-state index in [1.54, 1.807) is 25.1 Å². The minimum Gasteiger partial charge on any atom is -0.330 e. The summed E-state index contributed by atoms with van der Waals surface area (Å²) in [5.41, 5.74) is 7.79. The van der Waals surface area contributed by atoms with E-state index in [2.05, 4.69) is 0 Å². The fourth-order valence-corrected chi connectivity index (χ4v) is 5.38. The van der Waals surface area contributed by atoms with E-state index in [-0.39, 0.29) is 16.7 Å². The maximum Gasteiger partial charge on any atom is 0.244 e. The van der Waals surface area contributed by atoms with E-state index in [0.29, 0.717) is 24.7 Å². The normalized spacial score (nSPS) is 22.0. The molecule has 0 aliphatic carbocycles. The molecule has 1 aliphatic heterocycles. The molecule has 0 radical (unpaired) electrons. The minimum atomic E-state index is -3.63. The van der Waals surface area contributed by atoms with Crippen LogP contribution in [-0.2, 0) is 10.0 Å². The second-order valence-corrected chi connectivity index (χ2v) is 8.51. The highest BCUT2D eigenvalue weighted by molar-refractivity contribution is 7.89. The standard InChI is InChI=1S/C18H21ClN2O2S/c1-13-6-5-9-17(18(13)19)24(22,23)21-11-15(10-20)16(12-21)14-7-3-2-4-8-14/h2-9,15-16H,10-12,20H2,1H3/t15-,16+/m1/s1. The summed E-state index contributed by atoms with van der Waals surface area (Å²) in [5, 5.41) is 0.296. The molecule has 6 heteroatoms. The number of halogens is 1. The third kappa shape index (κ3) is 3.09. The van der Waals surface area contributed by atoms with Crippen molar-refractivity contribution >= 4 is 21.6 Å². The lowest BCUT2D eigenvalue weighted by molar-refractivity contribution is 0.459. The van der Waals surface area contributed by atoms with Crippen LogP contribution in [0.2, 0.25) is 5.02 Å². The number of nitrogens with zero attached hydrogens (tertiary/aromatic N) is 1. The van der Waals surface area contributed by atoms with Crippen LogP contribution in [-0.4, -0.2) is 32.4 Å². The lowest BCUT2D eigenvalue weighted by Gasteiger charge is -2.18. The van der Waals surface area contributed by atoms with E-state index >= 15 is 0 Å². The molecule has 0 bridgehead atoms. The fraction of sp³-hybridized carbons (Fsp3) is 0.333. The van der Waals surface area contributed by atoms with E-state index in [9.17, 15) is 8.42 Å². The second-order valence-electron chi connectivity index (χ2n) is 6.22. The van der Waals surface area contributed by atoms with Gasteiger partial charge in [0.15, 0.2) is 0 Å². The van der Waals surface area contributed by atoms with Crippen LogP contribution in [0.15, 0.2) is 53.4 Å². The van der Waals surface area contributed by atoms with Crippen LogP contribution in [0.3, 0.4) is 0 Å². The average Bonchev–Trinajstić information content (AvgIpc) is 3.03. The zero-order valence-corrected chi connectivity index (χ0v) is 15.1. The van der Waals surface area contributed by atoms with Crippen LogP contribution in [0.5, 0.6) is 0 Å². The van der Waals surface area contributed by atoms with Crippen LogP contribution in [0.25, 0.3) is 0 Å². The van der Waals surface area contributed by atoms with E-state index in [4.69, 9.17) is 17.3 Å². The van der Waals surface area contributed by atoms with Gasteiger partial charge in [-0.15, -0.1) is 0 Å². The third-order valence-corrected chi connectivity index (χ3v) is 7.20. The summed E-state index contributed by atoms with van der Waals surface area (Å²) in [6, 6.07) is 15.1. The molecule has 0 amide bonds. The van der Waals surface area contributed by atoms with E-state index in [1.165, 1.54) is 4.31 Å². The molecule has 2 N–H and O–H groups in total. The van der Waals surface area contributed by atoms with Crippen molar-refractivity contribution in [3.63, 3.8) is 0 Å². The van der Waals surface area contributed by atoms with E-state index < -0.39 is 10.0 Å². The minimum absolute atomic E-state index is 0.103. The molecule has 128 valence electrons. The Hall–Kier alpha value is -1.40. The van der Waals surface area contributed by atoms with Crippen LogP contribution >= 0.6 is 11.6 Å². The van der Waals surface area contributed by atoms with Gasteiger partial charge in [-0.3, -0.25) is 0 Å². The summed E-state index contributed by atoms with van der Waals surface area (Å²) in [6.07, 6.45) is 0. The molecule has 1 aliphatic rings. The van der Waals surface area contributed by atoms with Crippen molar-refractivity contribution in [3.05, 3.63) is 64.7 Å². The van der Waals surface area contributed by atoms with Crippen LogP contribution in [0, 0.1) is 12.8 Å². The Bertz CT molecular complexity index is 824. The zero-order valence-electron chi connectivity index (χ0n) is 13.5. The smallest absolute Gasteiger partial charge is 0.244 e. The lowest BCUT2D eigenvalue weighted by Crippen LogP contribution is -2.30. The maximum atomic E-state index is 13.0. The second kappa shape index (κ2) is 6.84. The van der Waals surface area contributed by atoms with E-state index in [1.807, 2.05) is 30.3 Å². The van der Waals surface area contributed by atoms with Gasteiger partial charge in [0.2, 0.25) is 10.0 Å². The Kier molecular flexibility index (Phi) is 4.97. The Labute approximate surface area is 148 Å². The Morgan fingerprint density at radius 2 is 1.83 bits per heavy atom. The van der Waals surface area contributed by atoms with Gasteiger partial charge in [-0.1, -0.05) is 54.1 Å². The van der Waals surface area contributed by atoms with Crippen LogP contribution < -0.4 is 5.73 Å². The van der Waals surface area contributed by atoms with Crippen molar-refractivity contribution in [2.75, 3.05) is 19.6 Å². The van der Waals surface area contributed by atoms with Crippen molar-refractivity contribution < 1.29 is 8.42 Å². The Morgan fingerprint density at radius 1 is 1.12 bits per heavy atom. The number of rotatable bonds is 4. The van der Waals surface area contributed by atoms with Gasteiger partial charge in [-0.25, -0.2) is 8.42 Å². The molecule has 24 heavy (non-hydrogen) atoms. The van der Waals surface area contributed by atoms with Crippen molar-refractivity contribution in [2.24, 2.45) is 11.7 Å². The Balaban J connectivity index is 1.94. The molecule has 4 nitrogen and oxygen atoms in total. The monoisotopic (exact) mass is 364 g/mol. The summed E-state index contributed by atoms with van der Waals surface area (Å²) >= 11 is 6.25. The van der Waals surface area contributed by atoms with E-state index in [0.717, 1.165) is 11.1 Å². The van der Waals surface area contributed by atoms with Crippen molar-refractivity contribution in [3.8, 4) is 0 Å². The summed E-state index contributed by atoms with van der Waals surface area (Å²) in [7, 11) is -3.63. The number of hydrogen-bond donors (Lipinski definition) is 1. The van der Waals surface area contributed by atoms with Gasteiger partial charge in [-0.05, 0) is 36.6 Å². The van der Waals surface area contributed by atoms with Gasteiger partial charge >= 0.3 is 0 Å². The highest BCUT2D eigenvalue weighted by atomic mass is 35.5. The zero-order chi connectivity index (χ0) is 17.3. The summed E-state index contributed by atoms with van der Waals surface area (Å²) in [4.78, 5) is 0.175. The number of benzene rings is 2. The molecule has 2 aromatic rings.